The number of aryl methyl sites for hydroxylation is 1. The minimum Gasteiger partial charge on any atom is -0.0990 e. The first kappa shape index (κ1) is 12.3. The van der Waals surface area contributed by atoms with Gasteiger partial charge in [0.1, 0.15) is 0 Å². The maximum atomic E-state index is 3.76. The SMILES string of the molecule is C=C/C=C(\C=C(\C)C=C)c1cccc(C)c1. The molecule has 16 heavy (non-hydrogen) atoms. The normalized spacial score (nSPS) is 12.4. The molecule has 0 nitrogen and oxygen atoms in total. The van der Waals surface area contributed by atoms with E-state index >= 15 is 0 Å². The van der Waals surface area contributed by atoms with Crippen LogP contribution in [-0.2, 0) is 0 Å². The van der Waals surface area contributed by atoms with Gasteiger partial charge in [-0.15, -0.1) is 0 Å². The van der Waals surface area contributed by atoms with Crippen LogP contribution in [0.3, 0.4) is 0 Å². The predicted molar refractivity (Wildman–Crippen MR) is 73.3 cm³/mol. The molecule has 0 spiro atoms. The van der Waals surface area contributed by atoms with Gasteiger partial charge in [0.15, 0.2) is 0 Å². The van der Waals surface area contributed by atoms with Crippen molar-refractivity contribution < 1.29 is 0 Å². The molecular formula is C16H18. The molecule has 0 atom stereocenters. The van der Waals surface area contributed by atoms with Gasteiger partial charge in [-0.2, -0.15) is 0 Å². The van der Waals surface area contributed by atoms with E-state index < -0.39 is 0 Å². The molecule has 0 heteroatoms. The van der Waals surface area contributed by atoms with Crippen LogP contribution in [0.15, 0.2) is 67.3 Å². The van der Waals surface area contributed by atoms with E-state index in [1.54, 1.807) is 0 Å². The van der Waals surface area contributed by atoms with Gasteiger partial charge >= 0.3 is 0 Å². The van der Waals surface area contributed by atoms with Gasteiger partial charge < -0.3 is 0 Å². The zero-order chi connectivity index (χ0) is 12.0. The Morgan fingerprint density at radius 1 is 1.25 bits per heavy atom. The number of rotatable bonds is 4. The van der Waals surface area contributed by atoms with E-state index in [0.717, 1.165) is 11.1 Å². The van der Waals surface area contributed by atoms with Crippen LogP contribution in [0.2, 0.25) is 0 Å². The predicted octanol–water partition coefficient (Wildman–Crippen LogP) is 4.70. The lowest BCUT2D eigenvalue weighted by Gasteiger charge is -2.04. The van der Waals surface area contributed by atoms with Gasteiger partial charge in [-0.25, -0.2) is 0 Å². The molecule has 0 saturated carbocycles. The van der Waals surface area contributed by atoms with Crippen LogP contribution < -0.4 is 0 Å². The quantitative estimate of drug-likeness (QED) is 0.632. The molecule has 0 N–H and O–H groups in total. The van der Waals surface area contributed by atoms with Crippen LogP contribution >= 0.6 is 0 Å². The zero-order valence-corrected chi connectivity index (χ0v) is 10.0. The molecule has 0 heterocycles. The topological polar surface area (TPSA) is 0 Å². The lowest BCUT2D eigenvalue weighted by atomic mass is 10.0. The van der Waals surface area contributed by atoms with Crippen molar-refractivity contribution in [2.75, 3.05) is 0 Å². The summed E-state index contributed by atoms with van der Waals surface area (Å²) in [7, 11) is 0. The average molecular weight is 210 g/mol. The van der Waals surface area contributed by atoms with E-state index in [4.69, 9.17) is 0 Å². The second kappa shape index (κ2) is 5.92. The van der Waals surface area contributed by atoms with Crippen LogP contribution in [0.25, 0.3) is 5.57 Å². The summed E-state index contributed by atoms with van der Waals surface area (Å²) in [5.74, 6) is 0. The summed E-state index contributed by atoms with van der Waals surface area (Å²) < 4.78 is 0. The van der Waals surface area contributed by atoms with Crippen molar-refractivity contribution in [2.24, 2.45) is 0 Å². The fourth-order valence-corrected chi connectivity index (χ4v) is 1.48. The third-order valence-electron chi connectivity index (χ3n) is 2.35. The molecule has 1 rings (SSSR count). The molecule has 0 aromatic heterocycles. The largest absolute Gasteiger partial charge is 0.0990 e. The molecule has 0 aliphatic heterocycles. The molecule has 0 unspecified atom stereocenters. The average Bonchev–Trinajstić information content (AvgIpc) is 2.28. The van der Waals surface area contributed by atoms with Crippen LogP contribution in [0, 0.1) is 6.92 Å². The summed E-state index contributed by atoms with van der Waals surface area (Å²) in [5, 5.41) is 0. The summed E-state index contributed by atoms with van der Waals surface area (Å²) in [6.07, 6.45) is 7.79. The standard InChI is InChI=1S/C16H18/c1-5-8-15(11-13(3)6-2)16-10-7-9-14(4)12-16/h5-12H,1-2H2,3-4H3/b13-11-,15-8+. The van der Waals surface area contributed by atoms with Crippen molar-refractivity contribution in [2.45, 2.75) is 13.8 Å². The monoisotopic (exact) mass is 210 g/mol. The van der Waals surface area contributed by atoms with E-state index in [9.17, 15) is 0 Å². The molecule has 0 fully saturated rings. The van der Waals surface area contributed by atoms with Crippen molar-refractivity contribution >= 4 is 5.57 Å². The van der Waals surface area contributed by atoms with Crippen molar-refractivity contribution in [3.05, 3.63) is 78.4 Å². The van der Waals surface area contributed by atoms with Gasteiger partial charge in [0.25, 0.3) is 0 Å². The number of allylic oxidation sites excluding steroid dienone is 6. The lowest BCUT2D eigenvalue weighted by molar-refractivity contribution is 1.44. The molecule has 82 valence electrons. The maximum Gasteiger partial charge on any atom is -0.0181 e. The fraction of sp³-hybridized carbons (Fsp3) is 0.125. The molecule has 0 bridgehead atoms. The van der Waals surface area contributed by atoms with Crippen molar-refractivity contribution in [3.8, 4) is 0 Å². The highest BCUT2D eigenvalue weighted by Gasteiger charge is 1.97. The number of hydrogen-bond donors (Lipinski definition) is 0. The first-order valence-electron chi connectivity index (χ1n) is 5.38. The van der Waals surface area contributed by atoms with Crippen molar-refractivity contribution in [3.63, 3.8) is 0 Å². The molecule has 1 aromatic rings. The third kappa shape index (κ3) is 3.39. The van der Waals surface area contributed by atoms with E-state index in [-0.39, 0.29) is 0 Å². The highest BCUT2D eigenvalue weighted by Crippen LogP contribution is 2.19. The number of benzene rings is 1. The molecular weight excluding hydrogens is 192 g/mol. The molecule has 0 radical (unpaired) electrons. The number of hydrogen-bond acceptors (Lipinski definition) is 0. The highest BCUT2D eigenvalue weighted by atomic mass is 14.0. The van der Waals surface area contributed by atoms with Crippen molar-refractivity contribution in [1.82, 2.24) is 0 Å². The smallest absolute Gasteiger partial charge is 0.0181 e. The Bertz CT molecular complexity index is 445. The van der Waals surface area contributed by atoms with E-state index in [1.807, 2.05) is 25.2 Å². The molecule has 0 saturated heterocycles. The first-order chi connectivity index (χ1) is 7.67. The Morgan fingerprint density at radius 2 is 2.00 bits per heavy atom. The molecule has 0 amide bonds. The summed E-state index contributed by atoms with van der Waals surface area (Å²) in [6.45, 7) is 11.7. The molecule has 0 aliphatic rings. The lowest BCUT2D eigenvalue weighted by Crippen LogP contribution is -1.83. The first-order valence-corrected chi connectivity index (χ1v) is 5.38. The Kier molecular flexibility index (Phi) is 4.53. The third-order valence-corrected chi connectivity index (χ3v) is 2.35. The van der Waals surface area contributed by atoms with Crippen LogP contribution in [0.5, 0.6) is 0 Å². The Labute approximate surface area is 98.3 Å². The van der Waals surface area contributed by atoms with E-state index in [1.165, 1.54) is 11.1 Å². The van der Waals surface area contributed by atoms with Gasteiger partial charge in [0, 0.05) is 0 Å². The van der Waals surface area contributed by atoms with Gasteiger partial charge in [0.2, 0.25) is 0 Å². The highest BCUT2D eigenvalue weighted by molar-refractivity contribution is 5.76. The second-order valence-corrected chi connectivity index (χ2v) is 3.82. The van der Waals surface area contributed by atoms with Crippen molar-refractivity contribution in [1.29, 1.82) is 0 Å². The summed E-state index contributed by atoms with van der Waals surface area (Å²) >= 11 is 0. The van der Waals surface area contributed by atoms with Crippen LogP contribution in [-0.4, -0.2) is 0 Å². The summed E-state index contributed by atoms with van der Waals surface area (Å²) in [4.78, 5) is 0. The minimum absolute atomic E-state index is 1.15. The van der Waals surface area contributed by atoms with E-state index in [2.05, 4.69) is 50.4 Å². The maximum absolute atomic E-state index is 3.76. The Morgan fingerprint density at radius 3 is 2.56 bits per heavy atom. The van der Waals surface area contributed by atoms with Gasteiger partial charge in [-0.05, 0) is 25.0 Å². The Balaban J connectivity index is 3.18. The van der Waals surface area contributed by atoms with Gasteiger partial charge in [-0.3, -0.25) is 0 Å². The zero-order valence-electron chi connectivity index (χ0n) is 10.0. The molecule has 0 aliphatic carbocycles. The Hall–Kier alpha value is -1.82. The van der Waals surface area contributed by atoms with Crippen LogP contribution in [0.4, 0.5) is 0 Å². The summed E-state index contributed by atoms with van der Waals surface area (Å²) in [5.41, 5.74) is 4.78. The minimum atomic E-state index is 1.15. The van der Waals surface area contributed by atoms with Gasteiger partial charge in [0.05, 0.1) is 0 Å². The summed E-state index contributed by atoms with van der Waals surface area (Å²) in [6, 6.07) is 8.44. The van der Waals surface area contributed by atoms with Gasteiger partial charge in [-0.1, -0.05) is 72.9 Å². The van der Waals surface area contributed by atoms with E-state index in [0.29, 0.717) is 0 Å². The molecule has 1 aromatic carbocycles. The second-order valence-electron chi connectivity index (χ2n) is 3.82. The fourth-order valence-electron chi connectivity index (χ4n) is 1.48. The van der Waals surface area contributed by atoms with Crippen LogP contribution in [0.1, 0.15) is 18.1 Å².